The standard InChI is InChI=1S/C14H13F3N2O/c1-19(2)13-12(9-4-3-5-11(20)6-9)7-10(8-18-13)14(15,16)17/h3-8,20H,1-2H3. The molecule has 0 unspecified atom stereocenters. The summed E-state index contributed by atoms with van der Waals surface area (Å²) < 4.78 is 38.4. The molecule has 0 atom stereocenters. The highest BCUT2D eigenvalue weighted by atomic mass is 19.4. The maximum Gasteiger partial charge on any atom is 0.417 e. The van der Waals surface area contributed by atoms with Crippen LogP contribution in [0.4, 0.5) is 19.0 Å². The topological polar surface area (TPSA) is 36.4 Å². The fraction of sp³-hybridized carbons (Fsp3) is 0.214. The van der Waals surface area contributed by atoms with E-state index >= 15 is 0 Å². The SMILES string of the molecule is CN(C)c1ncc(C(F)(F)F)cc1-c1cccc(O)c1. The van der Waals surface area contributed by atoms with Crippen LogP contribution < -0.4 is 4.90 Å². The lowest BCUT2D eigenvalue weighted by atomic mass is 10.0. The molecule has 0 spiro atoms. The third-order valence-corrected chi connectivity index (χ3v) is 2.77. The van der Waals surface area contributed by atoms with E-state index in [-0.39, 0.29) is 5.75 Å². The van der Waals surface area contributed by atoms with E-state index in [0.717, 1.165) is 12.3 Å². The van der Waals surface area contributed by atoms with Crippen molar-refractivity contribution in [3.05, 3.63) is 42.1 Å². The molecule has 0 aliphatic carbocycles. The smallest absolute Gasteiger partial charge is 0.417 e. The number of hydrogen-bond acceptors (Lipinski definition) is 3. The first-order chi connectivity index (χ1) is 9.29. The van der Waals surface area contributed by atoms with Crippen molar-refractivity contribution in [3.8, 4) is 16.9 Å². The number of phenolic OH excluding ortho intramolecular Hbond substituents is 1. The van der Waals surface area contributed by atoms with Crippen molar-refractivity contribution >= 4 is 5.82 Å². The maximum atomic E-state index is 12.8. The van der Waals surface area contributed by atoms with E-state index in [4.69, 9.17) is 0 Å². The monoisotopic (exact) mass is 282 g/mol. The molecular formula is C14H13F3N2O. The summed E-state index contributed by atoms with van der Waals surface area (Å²) in [6.07, 6.45) is -3.65. The van der Waals surface area contributed by atoms with E-state index in [1.54, 1.807) is 31.1 Å². The van der Waals surface area contributed by atoms with Gasteiger partial charge in [0.2, 0.25) is 0 Å². The second kappa shape index (κ2) is 5.03. The normalized spacial score (nSPS) is 11.4. The minimum Gasteiger partial charge on any atom is -0.508 e. The van der Waals surface area contributed by atoms with E-state index in [2.05, 4.69) is 4.98 Å². The van der Waals surface area contributed by atoms with E-state index in [1.165, 1.54) is 12.1 Å². The number of hydrogen-bond donors (Lipinski definition) is 1. The van der Waals surface area contributed by atoms with Gasteiger partial charge in [0.05, 0.1) is 5.56 Å². The molecular weight excluding hydrogens is 269 g/mol. The molecule has 0 aliphatic rings. The van der Waals surface area contributed by atoms with Crippen molar-refractivity contribution in [1.82, 2.24) is 4.98 Å². The summed E-state index contributed by atoms with van der Waals surface area (Å²) in [5, 5.41) is 9.48. The van der Waals surface area contributed by atoms with E-state index in [0.29, 0.717) is 16.9 Å². The van der Waals surface area contributed by atoms with Crippen LogP contribution in [-0.2, 0) is 6.18 Å². The molecule has 106 valence electrons. The van der Waals surface area contributed by atoms with Crippen LogP contribution in [0.25, 0.3) is 11.1 Å². The molecule has 6 heteroatoms. The quantitative estimate of drug-likeness (QED) is 0.915. The Labute approximate surface area is 114 Å². The molecule has 1 aromatic carbocycles. The van der Waals surface area contributed by atoms with E-state index in [9.17, 15) is 18.3 Å². The number of benzene rings is 1. The zero-order chi connectivity index (χ0) is 14.9. The second-order valence-corrected chi connectivity index (χ2v) is 4.54. The van der Waals surface area contributed by atoms with Gasteiger partial charge in [0.1, 0.15) is 11.6 Å². The van der Waals surface area contributed by atoms with Crippen LogP contribution >= 0.6 is 0 Å². The Kier molecular flexibility index (Phi) is 3.57. The predicted octanol–water partition coefficient (Wildman–Crippen LogP) is 3.54. The lowest BCUT2D eigenvalue weighted by molar-refractivity contribution is -0.137. The Hall–Kier alpha value is -2.24. The lowest BCUT2D eigenvalue weighted by Gasteiger charge is -2.18. The molecule has 1 N–H and O–H groups in total. The highest BCUT2D eigenvalue weighted by Crippen LogP contribution is 2.36. The maximum absolute atomic E-state index is 12.8. The third-order valence-electron chi connectivity index (χ3n) is 2.77. The first-order valence-corrected chi connectivity index (χ1v) is 5.83. The lowest BCUT2D eigenvalue weighted by Crippen LogP contribution is -2.14. The number of nitrogens with zero attached hydrogens (tertiary/aromatic N) is 2. The molecule has 20 heavy (non-hydrogen) atoms. The third kappa shape index (κ3) is 2.84. The largest absolute Gasteiger partial charge is 0.508 e. The minimum absolute atomic E-state index is 0.00961. The van der Waals surface area contributed by atoms with Crippen molar-refractivity contribution in [2.24, 2.45) is 0 Å². The zero-order valence-electron chi connectivity index (χ0n) is 10.9. The van der Waals surface area contributed by atoms with Gasteiger partial charge in [-0.15, -0.1) is 0 Å². The number of rotatable bonds is 2. The van der Waals surface area contributed by atoms with E-state index in [1.807, 2.05) is 0 Å². The molecule has 0 aliphatic heterocycles. The summed E-state index contributed by atoms with van der Waals surface area (Å²) >= 11 is 0. The number of halogens is 3. The zero-order valence-corrected chi connectivity index (χ0v) is 10.9. The van der Waals surface area contributed by atoms with Crippen molar-refractivity contribution in [2.75, 3.05) is 19.0 Å². The average molecular weight is 282 g/mol. The van der Waals surface area contributed by atoms with Gasteiger partial charge in [0.15, 0.2) is 0 Å². The van der Waals surface area contributed by atoms with Gasteiger partial charge >= 0.3 is 6.18 Å². The Bertz CT molecular complexity index is 624. The molecule has 0 fully saturated rings. The van der Waals surface area contributed by atoms with Crippen LogP contribution in [0.2, 0.25) is 0 Å². The first-order valence-electron chi connectivity index (χ1n) is 5.83. The van der Waals surface area contributed by atoms with Gasteiger partial charge in [-0.1, -0.05) is 12.1 Å². The molecule has 2 aromatic rings. The Balaban J connectivity index is 2.64. The van der Waals surface area contributed by atoms with Gasteiger partial charge in [-0.05, 0) is 23.8 Å². The summed E-state index contributed by atoms with van der Waals surface area (Å²) in [5.74, 6) is 0.396. The summed E-state index contributed by atoms with van der Waals surface area (Å²) in [7, 11) is 3.39. The molecule has 2 rings (SSSR count). The number of alkyl halides is 3. The van der Waals surface area contributed by atoms with Crippen molar-refractivity contribution < 1.29 is 18.3 Å². The fourth-order valence-corrected chi connectivity index (χ4v) is 1.85. The van der Waals surface area contributed by atoms with Crippen LogP contribution in [-0.4, -0.2) is 24.2 Å². The summed E-state index contributed by atoms with van der Waals surface area (Å²) in [5.41, 5.74) is -0.0190. The fourth-order valence-electron chi connectivity index (χ4n) is 1.85. The average Bonchev–Trinajstić information content (AvgIpc) is 2.37. The van der Waals surface area contributed by atoms with Gasteiger partial charge < -0.3 is 10.0 Å². The van der Waals surface area contributed by atoms with Gasteiger partial charge in [-0.3, -0.25) is 0 Å². The second-order valence-electron chi connectivity index (χ2n) is 4.54. The van der Waals surface area contributed by atoms with Gasteiger partial charge in [0.25, 0.3) is 0 Å². The number of aromatic nitrogens is 1. The molecule has 0 saturated carbocycles. The first kappa shape index (κ1) is 14.2. The molecule has 0 saturated heterocycles. The summed E-state index contributed by atoms with van der Waals surface area (Å²) in [6, 6.07) is 7.11. The Morgan fingerprint density at radius 2 is 1.85 bits per heavy atom. The molecule has 1 heterocycles. The number of pyridine rings is 1. The van der Waals surface area contributed by atoms with Crippen LogP contribution in [0.5, 0.6) is 5.75 Å². The molecule has 0 bridgehead atoms. The molecule has 1 aromatic heterocycles. The van der Waals surface area contributed by atoms with Gasteiger partial charge in [-0.25, -0.2) is 4.98 Å². The summed E-state index contributed by atoms with van der Waals surface area (Å²) in [4.78, 5) is 5.50. The Morgan fingerprint density at radius 3 is 2.40 bits per heavy atom. The van der Waals surface area contributed by atoms with Crippen molar-refractivity contribution in [2.45, 2.75) is 6.18 Å². The van der Waals surface area contributed by atoms with Crippen LogP contribution in [0.1, 0.15) is 5.56 Å². The molecule has 0 radical (unpaired) electrons. The van der Waals surface area contributed by atoms with Crippen molar-refractivity contribution in [1.29, 1.82) is 0 Å². The van der Waals surface area contributed by atoms with Crippen LogP contribution in [0.3, 0.4) is 0 Å². The Morgan fingerprint density at radius 1 is 1.15 bits per heavy atom. The van der Waals surface area contributed by atoms with Crippen molar-refractivity contribution in [3.63, 3.8) is 0 Å². The number of aromatic hydroxyl groups is 1. The van der Waals surface area contributed by atoms with Crippen LogP contribution in [0.15, 0.2) is 36.5 Å². The number of phenols is 1. The molecule has 3 nitrogen and oxygen atoms in total. The minimum atomic E-state index is -4.45. The number of anilines is 1. The molecule has 0 amide bonds. The van der Waals surface area contributed by atoms with Crippen LogP contribution in [0, 0.1) is 0 Å². The van der Waals surface area contributed by atoms with Gasteiger partial charge in [0, 0.05) is 25.9 Å². The summed E-state index contributed by atoms with van der Waals surface area (Å²) in [6.45, 7) is 0. The predicted molar refractivity (Wildman–Crippen MR) is 70.7 cm³/mol. The van der Waals surface area contributed by atoms with E-state index < -0.39 is 11.7 Å². The highest BCUT2D eigenvalue weighted by Gasteiger charge is 2.32. The highest BCUT2D eigenvalue weighted by molar-refractivity contribution is 5.77. The van der Waals surface area contributed by atoms with Gasteiger partial charge in [-0.2, -0.15) is 13.2 Å².